The van der Waals surface area contributed by atoms with E-state index in [1.165, 1.54) is 6.33 Å². The van der Waals surface area contributed by atoms with Crippen LogP contribution in [0.3, 0.4) is 0 Å². The van der Waals surface area contributed by atoms with Crippen LogP contribution in [0.25, 0.3) is 11.2 Å². The maximum atomic E-state index is 12.2. The van der Waals surface area contributed by atoms with Gasteiger partial charge in [-0.1, -0.05) is 0 Å². The highest BCUT2D eigenvalue weighted by Crippen LogP contribution is 2.64. The fourth-order valence-corrected chi connectivity index (χ4v) is 4.99. The van der Waals surface area contributed by atoms with E-state index >= 15 is 0 Å². The summed E-state index contributed by atoms with van der Waals surface area (Å²) in [7, 11) is 0. The summed E-state index contributed by atoms with van der Waals surface area (Å²) in [5.41, 5.74) is 7.39. The molecule has 2 fully saturated rings. The smallest absolute Gasteiger partial charge is 0.389 e. The van der Waals surface area contributed by atoms with Crippen molar-refractivity contribution in [2.75, 3.05) is 18.6 Å². The molecule has 0 amide bonds. The zero-order valence-corrected chi connectivity index (χ0v) is 13.8. The summed E-state index contributed by atoms with van der Waals surface area (Å²) in [5.74, 6) is 0. The first kappa shape index (κ1) is 15.4. The van der Waals surface area contributed by atoms with Gasteiger partial charge in [-0.15, -0.1) is 0 Å². The number of anilines is 1. The summed E-state index contributed by atoms with van der Waals surface area (Å²) in [6, 6.07) is 1.65. The Morgan fingerprint density at radius 1 is 1.52 bits per heavy atom. The number of aliphatic hydroxyl groups excluding tert-OH is 1. The molecule has 23 heavy (non-hydrogen) atoms. The highest BCUT2D eigenvalue weighted by atomic mass is 32.7. The van der Waals surface area contributed by atoms with Crippen molar-refractivity contribution in [3.05, 3.63) is 18.6 Å². The molecule has 2 aromatic heterocycles. The zero-order chi connectivity index (χ0) is 16.2. The average molecular weight is 358 g/mol. The SMILES string of the molecule is CSP1(=O)OC[C@H]2O[C@@H](n3cnc4c(N)ccnc43)C(O)C2O1. The molecule has 0 radical (unpaired) electrons. The molecule has 2 aromatic rings. The topological polar surface area (TPSA) is 122 Å². The third-order valence-corrected chi connectivity index (χ3v) is 7.28. The van der Waals surface area contributed by atoms with Crippen molar-refractivity contribution >= 4 is 35.0 Å². The maximum absolute atomic E-state index is 12.2. The molecular formula is C12H15N4O5PS. The average Bonchev–Trinajstić information content (AvgIpc) is 3.10. The second kappa shape index (κ2) is 5.44. The quantitative estimate of drug-likeness (QED) is 0.761. The number of nitrogens with zero attached hydrogens (tertiary/aromatic N) is 3. The Morgan fingerprint density at radius 3 is 3.13 bits per heavy atom. The van der Waals surface area contributed by atoms with Crippen LogP contribution in [0.1, 0.15) is 6.23 Å². The highest BCUT2D eigenvalue weighted by Gasteiger charge is 2.52. The zero-order valence-electron chi connectivity index (χ0n) is 12.1. The van der Waals surface area contributed by atoms with Crippen LogP contribution in [-0.4, -0.2) is 50.8 Å². The molecule has 2 saturated heterocycles. The minimum absolute atomic E-state index is 0.0958. The lowest BCUT2D eigenvalue weighted by atomic mass is 10.1. The molecular weight excluding hydrogens is 343 g/mol. The van der Waals surface area contributed by atoms with E-state index < -0.39 is 31.3 Å². The molecule has 124 valence electrons. The number of nitrogen functional groups attached to an aromatic ring is 1. The van der Waals surface area contributed by atoms with Gasteiger partial charge in [-0.2, -0.15) is 0 Å². The fraction of sp³-hybridized carbons (Fsp3) is 0.500. The van der Waals surface area contributed by atoms with E-state index in [1.54, 1.807) is 23.1 Å². The van der Waals surface area contributed by atoms with Gasteiger partial charge in [0.15, 0.2) is 11.9 Å². The first-order valence-electron chi connectivity index (χ1n) is 6.92. The predicted octanol–water partition coefficient (Wildman–Crippen LogP) is 1.16. The second-order valence-electron chi connectivity index (χ2n) is 5.28. The fourth-order valence-electron chi connectivity index (χ4n) is 2.79. The third kappa shape index (κ3) is 2.37. The number of pyridine rings is 1. The molecule has 0 bridgehead atoms. The lowest BCUT2D eigenvalue weighted by Crippen LogP contribution is -2.38. The molecule has 0 spiro atoms. The van der Waals surface area contributed by atoms with Crippen molar-refractivity contribution in [1.82, 2.24) is 14.5 Å². The van der Waals surface area contributed by atoms with Crippen molar-refractivity contribution in [3.8, 4) is 0 Å². The summed E-state index contributed by atoms with van der Waals surface area (Å²) < 4.78 is 30.4. The van der Waals surface area contributed by atoms with E-state index in [1.807, 2.05) is 0 Å². The minimum Gasteiger partial charge on any atom is -0.397 e. The maximum Gasteiger partial charge on any atom is 0.389 e. The van der Waals surface area contributed by atoms with Gasteiger partial charge in [0.05, 0.1) is 18.6 Å². The van der Waals surface area contributed by atoms with E-state index in [2.05, 4.69) is 9.97 Å². The van der Waals surface area contributed by atoms with Crippen LogP contribution in [0.15, 0.2) is 18.6 Å². The van der Waals surface area contributed by atoms with E-state index in [4.69, 9.17) is 19.5 Å². The second-order valence-corrected chi connectivity index (χ2v) is 9.44. The lowest BCUT2D eigenvalue weighted by Gasteiger charge is -2.30. The van der Waals surface area contributed by atoms with E-state index in [9.17, 15) is 9.67 Å². The number of ether oxygens (including phenoxy) is 1. The summed E-state index contributed by atoms with van der Waals surface area (Å²) in [5, 5.41) is 10.6. The van der Waals surface area contributed by atoms with Crippen LogP contribution in [-0.2, 0) is 18.3 Å². The summed E-state index contributed by atoms with van der Waals surface area (Å²) >= 11 is 0.999. The molecule has 3 N–H and O–H groups in total. The van der Waals surface area contributed by atoms with Crippen LogP contribution in [0.2, 0.25) is 0 Å². The van der Waals surface area contributed by atoms with Crippen molar-refractivity contribution in [2.45, 2.75) is 24.5 Å². The van der Waals surface area contributed by atoms with Crippen molar-refractivity contribution in [3.63, 3.8) is 0 Å². The normalized spacial score (nSPS) is 37.1. The molecule has 2 aliphatic heterocycles. The predicted molar refractivity (Wildman–Crippen MR) is 83.8 cm³/mol. The van der Waals surface area contributed by atoms with Crippen LogP contribution in [0.4, 0.5) is 5.69 Å². The Bertz CT molecular complexity index is 801. The molecule has 2 aliphatic rings. The number of nitrogens with two attached hydrogens (primary N) is 1. The highest BCUT2D eigenvalue weighted by molar-refractivity contribution is 8.54. The Morgan fingerprint density at radius 2 is 2.35 bits per heavy atom. The minimum atomic E-state index is -3.24. The van der Waals surface area contributed by atoms with Gasteiger partial charge in [-0.05, 0) is 23.7 Å². The van der Waals surface area contributed by atoms with Gasteiger partial charge in [0.25, 0.3) is 0 Å². The van der Waals surface area contributed by atoms with Crippen molar-refractivity contribution in [1.29, 1.82) is 0 Å². The van der Waals surface area contributed by atoms with Crippen LogP contribution in [0.5, 0.6) is 0 Å². The molecule has 9 nitrogen and oxygen atoms in total. The molecule has 0 aliphatic carbocycles. The number of fused-ring (bicyclic) bond motifs is 2. The van der Waals surface area contributed by atoms with Crippen LogP contribution >= 0.6 is 18.2 Å². The third-order valence-electron chi connectivity index (χ3n) is 3.95. The summed E-state index contributed by atoms with van der Waals surface area (Å²) in [6.45, 7) is -3.15. The van der Waals surface area contributed by atoms with Crippen molar-refractivity contribution in [2.24, 2.45) is 0 Å². The van der Waals surface area contributed by atoms with Gasteiger partial charge in [-0.3, -0.25) is 13.6 Å². The number of aromatic nitrogens is 3. The lowest BCUT2D eigenvalue weighted by molar-refractivity contribution is -0.0562. The van der Waals surface area contributed by atoms with Gasteiger partial charge in [0, 0.05) is 6.20 Å². The molecule has 4 heterocycles. The summed E-state index contributed by atoms with van der Waals surface area (Å²) in [6.07, 6.45) is 1.68. The molecule has 5 atom stereocenters. The van der Waals surface area contributed by atoms with E-state index in [0.717, 1.165) is 11.4 Å². The van der Waals surface area contributed by atoms with Gasteiger partial charge < -0.3 is 15.6 Å². The first-order chi connectivity index (χ1) is 11.0. The Labute approximate surface area is 135 Å². The monoisotopic (exact) mass is 358 g/mol. The van der Waals surface area contributed by atoms with Gasteiger partial charge in [0.2, 0.25) is 0 Å². The standard InChI is InChI=1S/C12H15N4O5PS/c1-23-22(18)19-4-7-10(21-22)9(17)12(20-7)16-5-15-8-6(13)2-3-14-11(8)16/h2-3,5,7,9-10,12,17H,4H2,1H3,(H2,13,14)/t7-,9?,10?,12-,22?/m1/s1. The first-order valence-corrected chi connectivity index (χ1v) is 10.3. The number of imidazole rings is 1. The number of hydrogen-bond acceptors (Lipinski definition) is 9. The number of hydrogen-bond donors (Lipinski definition) is 2. The number of rotatable bonds is 2. The van der Waals surface area contributed by atoms with Gasteiger partial charge >= 0.3 is 6.80 Å². The van der Waals surface area contributed by atoms with Crippen LogP contribution in [0, 0.1) is 0 Å². The molecule has 0 aromatic carbocycles. The number of aliphatic hydroxyl groups is 1. The molecule has 11 heteroatoms. The van der Waals surface area contributed by atoms with Gasteiger partial charge in [0.1, 0.15) is 23.8 Å². The molecule has 3 unspecified atom stereocenters. The van der Waals surface area contributed by atoms with Crippen molar-refractivity contribution < 1.29 is 23.5 Å². The Kier molecular flexibility index (Phi) is 3.63. The summed E-state index contributed by atoms with van der Waals surface area (Å²) in [4.78, 5) is 8.45. The van der Waals surface area contributed by atoms with Crippen LogP contribution < -0.4 is 5.73 Å². The molecule has 0 saturated carbocycles. The van der Waals surface area contributed by atoms with E-state index in [0.29, 0.717) is 16.9 Å². The molecule has 4 rings (SSSR count). The van der Waals surface area contributed by atoms with Gasteiger partial charge in [-0.25, -0.2) is 14.5 Å². The largest absolute Gasteiger partial charge is 0.397 e. The Hall–Kier alpha value is -1.16. The Balaban J connectivity index is 1.68. The van der Waals surface area contributed by atoms with E-state index in [-0.39, 0.29) is 6.61 Å².